The number of likely N-dealkylation sites (tertiary alicyclic amines) is 1. The molecule has 4 aliphatic rings. The molecule has 9 heteroatoms. The Morgan fingerprint density at radius 2 is 1.74 bits per heavy atom. The van der Waals surface area contributed by atoms with Crippen molar-refractivity contribution in [3.05, 3.63) is 89.5 Å². The van der Waals surface area contributed by atoms with Gasteiger partial charge in [-0.15, -0.1) is 0 Å². The highest BCUT2D eigenvalue weighted by Crippen LogP contribution is 2.58. The number of hydrogen-bond donors (Lipinski definition) is 1. The number of carbonyl (C=O) groups is 3. The Kier molecular flexibility index (Phi) is 6.37. The zero-order valence-electron chi connectivity index (χ0n) is 21.4. The van der Waals surface area contributed by atoms with Crippen molar-refractivity contribution < 1.29 is 29.0 Å². The Morgan fingerprint density at radius 1 is 1.00 bits per heavy atom. The molecule has 0 radical (unpaired) electrons. The highest BCUT2D eigenvalue weighted by molar-refractivity contribution is 6.34. The fourth-order valence-electron chi connectivity index (χ4n) is 6.71. The Morgan fingerprint density at radius 3 is 2.49 bits per heavy atom. The molecule has 2 amide bonds. The number of benzene rings is 2. The van der Waals surface area contributed by atoms with E-state index in [1.165, 1.54) is 9.80 Å². The fraction of sp³-hybridized carbons (Fsp3) is 0.367. The van der Waals surface area contributed by atoms with Crippen molar-refractivity contribution in [2.75, 3.05) is 24.7 Å². The van der Waals surface area contributed by atoms with E-state index >= 15 is 0 Å². The van der Waals surface area contributed by atoms with Crippen LogP contribution in [0.15, 0.2) is 78.9 Å². The molecule has 4 heterocycles. The van der Waals surface area contributed by atoms with Crippen molar-refractivity contribution in [2.24, 2.45) is 11.8 Å². The van der Waals surface area contributed by atoms with E-state index < -0.39 is 52.9 Å². The zero-order valence-corrected chi connectivity index (χ0v) is 22.2. The van der Waals surface area contributed by atoms with E-state index in [1.807, 2.05) is 30.3 Å². The highest BCUT2D eigenvalue weighted by Gasteiger charge is 2.75. The van der Waals surface area contributed by atoms with Gasteiger partial charge in [0, 0.05) is 6.54 Å². The molecule has 2 aromatic rings. The number of nitrogens with zero attached hydrogens (tertiary/aromatic N) is 2. The van der Waals surface area contributed by atoms with E-state index in [0.29, 0.717) is 17.1 Å². The van der Waals surface area contributed by atoms with Gasteiger partial charge < -0.3 is 24.4 Å². The molecular weight excluding hydrogens is 520 g/mol. The van der Waals surface area contributed by atoms with Crippen LogP contribution in [0.4, 0.5) is 5.69 Å². The second kappa shape index (κ2) is 9.62. The van der Waals surface area contributed by atoms with E-state index in [1.54, 1.807) is 55.5 Å². The molecule has 2 fully saturated rings. The van der Waals surface area contributed by atoms with Crippen LogP contribution < -0.4 is 4.90 Å². The topological polar surface area (TPSA) is 96.4 Å². The number of aliphatic hydroxyl groups excluding tert-OH is 1. The third kappa shape index (κ3) is 3.92. The summed E-state index contributed by atoms with van der Waals surface area (Å²) in [6.07, 6.45) is 7.33. The van der Waals surface area contributed by atoms with Gasteiger partial charge in [-0.05, 0) is 37.1 Å². The number of esters is 1. The van der Waals surface area contributed by atoms with E-state index in [0.717, 1.165) is 5.56 Å². The van der Waals surface area contributed by atoms with Gasteiger partial charge in [-0.1, -0.05) is 72.3 Å². The van der Waals surface area contributed by atoms with Crippen LogP contribution in [0.1, 0.15) is 12.5 Å². The minimum absolute atomic E-state index is 0.0810. The third-order valence-electron chi connectivity index (χ3n) is 8.31. The van der Waals surface area contributed by atoms with Crippen LogP contribution in [0, 0.1) is 11.8 Å². The van der Waals surface area contributed by atoms with Crippen LogP contribution in [0.3, 0.4) is 0 Å². The second-order valence-electron chi connectivity index (χ2n) is 10.6. The molecule has 0 saturated carbocycles. The molecule has 1 unspecified atom stereocenters. The van der Waals surface area contributed by atoms with Gasteiger partial charge in [0.1, 0.15) is 24.2 Å². The van der Waals surface area contributed by atoms with E-state index in [9.17, 15) is 19.5 Å². The maximum absolute atomic E-state index is 14.5. The minimum Gasteiger partial charge on any atom is -0.461 e. The van der Waals surface area contributed by atoms with Crippen molar-refractivity contribution in [1.82, 2.24) is 4.90 Å². The monoisotopic (exact) mass is 548 g/mol. The van der Waals surface area contributed by atoms with Gasteiger partial charge in [0.2, 0.25) is 5.91 Å². The first-order valence-electron chi connectivity index (χ1n) is 13.1. The van der Waals surface area contributed by atoms with E-state index in [-0.39, 0.29) is 19.8 Å². The van der Waals surface area contributed by atoms with Crippen molar-refractivity contribution >= 4 is 35.1 Å². The molecular formula is C30H29ClN2O6. The van der Waals surface area contributed by atoms with Gasteiger partial charge in [-0.3, -0.25) is 14.4 Å². The second-order valence-corrected chi connectivity index (χ2v) is 11.0. The summed E-state index contributed by atoms with van der Waals surface area (Å²) in [6.45, 7) is 1.65. The Hall–Kier alpha value is -3.46. The molecule has 39 heavy (non-hydrogen) atoms. The van der Waals surface area contributed by atoms with Crippen molar-refractivity contribution in [3.8, 4) is 0 Å². The number of aliphatic hydroxyl groups is 1. The maximum atomic E-state index is 14.5. The zero-order chi connectivity index (χ0) is 27.4. The lowest BCUT2D eigenvalue weighted by Gasteiger charge is -2.40. The summed E-state index contributed by atoms with van der Waals surface area (Å²) < 4.78 is 12.2. The third-order valence-corrected chi connectivity index (χ3v) is 8.63. The lowest BCUT2D eigenvalue weighted by atomic mass is 9.75. The van der Waals surface area contributed by atoms with Crippen LogP contribution in [0.5, 0.6) is 0 Å². The van der Waals surface area contributed by atoms with Gasteiger partial charge in [-0.2, -0.15) is 0 Å². The van der Waals surface area contributed by atoms with Crippen molar-refractivity contribution in [2.45, 2.75) is 36.6 Å². The van der Waals surface area contributed by atoms with Crippen molar-refractivity contribution in [3.63, 3.8) is 0 Å². The van der Waals surface area contributed by atoms with Crippen LogP contribution in [0.2, 0.25) is 5.02 Å². The number of rotatable bonds is 5. The average molecular weight is 549 g/mol. The molecule has 2 saturated heterocycles. The number of hydrogen-bond acceptors (Lipinski definition) is 6. The predicted molar refractivity (Wildman–Crippen MR) is 144 cm³/mol. The quantitative estimate of drug-likeness (QED) is 0.456. The molecule has 202 valence electrons. The molecule has 4 aliphatic heterocycles. The molecule has 0 bridgehead atoms. The summed E-state index contributed by atoms with van der Waals surface area (Å²) >= 11 is 6.51. The molecule has 1 N–H and O–H groups in total. The van der Waals surface area contributed by atoms with Gasteiger partial charge in [0.25, 0.3) is 5.91 Å². The van der Waals surface area contributed by atoms with Gasteiger partial charge >= 0.3 is 5.97 Å². The summed E-state index contributed by atoms with van der Waals surface area (Å²) in [7, 11) is 0. The van der Waals surface area contributed by atoms with Gasteiger partial charge in [0.15, 0.2) is 0 Å². The number of para-hydroxylation sites is 1. The number of cyclic esters (lactones) is 1. The number of ether oxygens (including phenoxy) is 2. The van der Waals surface area contributed by atoms with Crippen LogP contribution in [-0.4, -0.2) is 70.8 Å². The lowest BCUT2D eigenvalue weighted by molar-refractivity contribution is -0.157. The van der Waals surface area contributed by atoms with Crippen molar-refractivity contribution in [1.29, 1.82) is 0 Å². The van der Waals surface area contributed by atoms with E-state index in [2.05, 4.69) is 0 Å². The molecule has 8 nitrogen and oxygen atoms in total. The fourth-order valence-corrected chi connectivity index (χ4v) is 6.95. The summed E-state index contributed by atoms with van der Waals surface area (Å²) in [5, 5.41) is 11.0. The number of halogens is 1. The number of fused-ring (bicyclic) bond motifs is 2. The van der Waals surface area contributed by atoms with Crippen LogP contribution >= 0.6 is 11.6 Å². The largest absolute Gasteiger partial charge is 0.461 e. The minimum atomic E-state index is -1.45. The molecule has 0 aromatic heterocycles. The smallest absolute Gasteiger partial charge is 0.313 e. The van der Waals surface area contributed by atoms with Gasteiger partial charge in [0.05, 0.1) is 34.9 Å². The molecule has 6 rings (SSSR count). The first-order valence-corrected chi connectivity index (χ1v) is 13.4. The van der Waals surface area contributed by atoms with Crippen LogP contribution in [-0.2, 0) is 30.3 Å². The molecule has 2 aromatic carbocycles. The number of anilines is 1. The average Bonchev–Trinajstić information content (AvgIpc) is 3.19. The molecule has 0 aliphatic carbocycles. The predicted octanol–water partition coefficient (Wildman–Crippen LogP) is 2.93. The van der Waals surface area contributed by atoms with Crippen LogP contribution in [0.25, 0.3) is 0 Å². The Bertz CT molecular complexity index is 1380. The SMILES string of the molecule is C[C@]12C=CCOC(=O)[C@H]1[C@H]1C(=O)N([C@@H](CO)Cc3ccccc3)C3C(=O)N(c4ccccc4Cl)CC=C[C@@]31O2. The lowest BCUT2D eigenvalue weighted by Crippen LogP contribution is -2.59. The first kappa shape index (κ1) is 25.8. The normalized spacial score (nSPS) is 32.3. The summed E-state index contributed by atoms with van der Waals surface area (Å²) in [4.78, 5) is 45.3. The molecule has 6 atom stereocenters. The number of carbonyl (C=O) groups excluding carboxylic acids is 3. The van der Waals surface area contributed by atoms with E-state index in [4.69, 9.17) is 21.1 Å². The summed E-state index contributed by atoms with van der Waals surface area (Å²) in [5.74, 6) is -3.34. The summed E-state index contributed by atoms with van der Waals surface area (Å²) in [5.41, 5.74) is -1.20. The first-order chi connectivity index (χ1) is 18.8. The maximum Gasteiger partial charge on any atom is 0.313 e. The summed E-state index contributed by atoms with van der Waals surface area (Å²) in [6, 6.07) is 14.6. The van der Waals surface area contributed by atoms with Gasteiger partial charge in [-0.25, -0.2) is 0 Å². The highest BCUT2D eigenvalue weighted by atomic mass is 35.5. The standard InChI is InChI=1S/C30H29ClN2O6/c1-29-13-8-16-38-28(37)24(29)23-26(35)33(20(18-34)17-19-9-3-2-4-10-19)25-27(36)32(15-7-14-30(23,25)39-29)22-12-6-5-11-21(22)31/h2-14,20,23-25,34H,15-18H2,1H3/t20-,23+,24-,25?,29+,30+/m1/s1. The molecule has 1 spiro atoms. The Balaban J connectivity index is 1.51. The number of amides is 2. The Labute approximate surface area is 231 Å².